The van der Waals surface area contributed by atoms with Crippen LogP contribution in [0.3, 0.4) is 0 Å². The minimum Gasteiger partial charge on any atom is -0.461 e. The van der Waals surface area contributed by atoms with E-state index in [1.807, 2.05) is 39.0 Å². The van der Waals surface area contributed by atoms with Crippen LogP contribution in [0.2, 0.25) is 5.02 Å². The van der Waals surface area contributed by atoms with Gasteiger partial charge in [-0.1, -0.05) is 17.7 Å². The number of hydrogen-bond acceptors (Lipinski definition) is 6. The van der Waals surface area contributed by atoms with Crippen LogP contribution >= 0.6 is 11.6 Å². The van der Waals surface area contributed by atoms with Gasteiger partial charge in [0.15, 0.2) is 0 Å². The largest absolute Gasteiger partial charge is 0.461 e. The number of halogens is 1. The van der Waals surface area contributed by atoms with Crippen molar-refractivity contribution in [2.75, 3.05) is 17.7 Å². The van der Waals surface area contributed by atoms with E-state index in [9.17, 15) is 0 Å². The van der Waals surface area contributed by atoms with Crippen LogP contribution in [-0.4, -0.2) is 28.1 Å². The van der Waals surface area contributed by atoms with E-state index < -0.39 is 0 Å². The second kappa shape index (κ2) is 6.58. The van der Waals surface area contributed by atoms with Crippen molar-refractivity contribution in [3.63, 3.8) is 0 Å². The molecular weight excluding hydrogens is 290 g/mol. The SMILES string of the molecule is CNc1nc(Nc2ccc(C)cc2Cl)nc(OC(C)C)n1. The zero-order valence-electron chi connectivity index (χ0n) is 12.4. The van der Waals surface area contributed by atoms with Crippen molar-refractivity contribution < 1.29 is 4.74 Å². The van der Waals surface area contributed by atoms with E-state index in [4.69, 9.17) is 16.3 Å². The molecule has 2 aromatic rings. The highest BCUT2D eigenvalue weighted by molar-refractivity contribution is 6.33. The molecule has 0 aliphatic rings. The maximum absolute atomic E-state index is 6.20. The van der Waals surface area contributed by atoms with Crippen LogP contribution in [0.4, 0.5) is 17.6 Å². The number of aryl methyl sites for hydroxylation is 1. The number of nitrogens with zero attached hydrogens (tertiary/aromatic N) is 3. The Bertz CT molecular complexity index is 633. The van der Waals surface area contributed by atoms with Gasteiger partial charge >= 0.3 is 6.01 Å². The summed E-state index contributed by atoms with van der Waals surface area (Å²) in [6.07, 6.45) is -0.0204. The van der Waals surface area contributed by atoms with Gasteiger partial charge in [-0.25, -0.2) is 0 Å². The first kappa shape index (κ1) is 15.3. The molecule has 112 valence electrons. The normalized spacial score (nSPS) is 10.6. The molecule has 0 saturated carbocycles. The van der Waals surface area contributed by atoms with Crippen molar-refractivity contribution in [1.29, 1.82) is 0 Å². The van der Waals surface area contributed by atoms with Crippen LogP contribution < -0.4 is 15.4 Å². The lowest BCUT2D eigenvalue weighted by molar-refractivity contribution is 0.222. The van der Waals surface area contributed by atoms with Gasteiger partial charge in [-0.15, -0.1) is 0 Å². The maximum Gasteiger partial charge on any atom is 0.323 e. The lowest BCUT2D eigenvalue weighted by Crippen LogP contribution is -2.12. The van der Waals surface area contributed by atoms with E-state index in [0.717, 1.165) is 11.3 Å². The molecule has 2 N–H and O–H groups in total. The van der Waals surface area contributed by atoms with Crippen molar-refractivity contribution in [1.82, 2.24) is 15.0 Å². The van der Waals surface area contributed by atoms with Crippen LogP contribution in [0.25, 0.3) is 0 Å². The zero-order chi connectivity index (χ0) is 15.4. The van der Waals surface area contributed by atoms with Gasteiger partial charge in [-0.05, 0) is 38.5 Å². The molecule has 1 aromatic heterocycles. The third kappa shape index (κ3) is 4.19. The van der Waals surface area contributed by atoms with Crippen LogP contribution in [0.1, 0.15) is 19.4 Å². The molecule has 1 aromatic carbocycles. The summed E-state index contributed by atoms with van der Waals surface area (Å²) in [5, 5.41) is 6.55. The van der Waals surface area contributed by atoms with Gasteiger partial charge in [0.2, 0.25) is 11.9 Å². The standard InChI is InChI=1S/C14H18ClN5O/c1-8(2)21-14-19-12(16-4)18-13(20-14)17-11-6-5-9(3)7-10(11)15/h5-8H,1-4H3,(H2,16,17,18,19,20). The Kier molecular flexibility index (Phi) is 4.80. The first-order chi connectivity index (χ1) is 9.97. The molecule has 1 heterocycles. The fourth-order valence-electron chi connectivity index (χ4n) is 1.63. The third-order valence-electron chi connectivity index (χ3n) is 2.55. The van der Waals surface area contributed by atoms with E-state index >= 15 is 0 Å². The average molecular weight is 308 g/mol. The van der Waals surface area contributed by atoms with Crippen molar-refractivity contribution in [3.8, 4) is 6.01 Å². The number of nitrogens with one attached hydrogen (secondary N) is 2. The highest BCUT2D eigenvalue weighted by Crippen LogP contribution is 2.25. The predicted molar refractivity (Wildman–Crippen MR) is 84.6 cm³/mol. The van der Waals surface area contributed by atoms with Crippen LogP contribution in [0.5, 0.6) is 6.01 Å². The number of benzene rings is 1. The van der Waals surface area contributed by atoms with Crippen LogP contribution in [-0.2, 0) is 0 Å². The molecule has 0 bridgehead atoms. The van der Waals surface area contributed by atoms with E-state index in [1.54, 1.807) is 7.05 Å². The Morgan fingerprint density at radius 2 is 1.86 bits per heavy atom. The minimum absolute atomic E-state index is 0.0204. The molecule has 0 saturated heterocycles. The Balaban J connectivity index is 2.29. The molecule has 0 atom stereocenters. The molecular formula is C14H18ClN5O. The molecule has 0 spiro atoms. The second-order valence-corrected chi connectivity index (χ2v) is 5.20. The predicted octanol–water partition coefficient (Wildman–Crippen LogP) is 3.41. The molecule has 7 heteroatoms. The number of anilines is 3. The fraction of sp³-hybridized carbons (Fsp3) is 0.357. The lowest BCUT2D eigenvalue weighted by atomic mass is 10.2. The summed E-state index contributed by atoms with van der Waals surface area (Å²) in [6.45, 7) is 5.80. The highest BCUT2D eigenvalue weighted by Gasteiger charge is 2.10. The molecule has 0 amide bonds. The van der Waals surface area contributed by atoms with Gasteiger partial charge in [0.1, 0.15) is 0 Å². The number of aromatic nitrogens is 3. The topological polar surface area (TPSA) is 72.0 Å². The van der Waals surface area contributed by atoms with Gasteiger partial charge in [-0.2, -0.15) is 15.0 Å². The second-order valence-electron chi connectivity index (χ2n) is 4.79. The van der Waals surface area contributed by atoms with Gasteiger partial charge in [0, 0.05) is 7.05 Å². The molecule has 6 nitrogen and oxygen atoms in total. The quantitative estimate of drug-likeness (QED) is 0.882. The van der Waals surface area contributed by atoms with Crippen molar-refractivity contribution in [3.05, 3.63) is 28.8 Å². The molecule has 2 rings (SSSR count). The van der Waals surface area contributed by atoms with E-state index in [1.165, 1.54) is 0 Å². The molecule has 0 aliphatic heterocycles. The Morgan fingerprint density at radius 1 is 1.14 bits per heavy atom. The summed E-state index contributed by atoms with van der Waals surface area (Å²) >= 11 is 6.20. The molecule has 0 radical (unpaired) electrons. The monoisotopic (exact) mass is 307 g/mol. The minimum atomic E-state index is -0.0204. The number of ether oxygens (including phenoxy) is 1. The van der Waals surface area contributed by atoms with Gasteiger partial charge in [-0.3, -0.25) is 0 Å². The zero-order valence-corrected chi connectivity index (χ0v) is 13.2. The molecule has 0 unspecified atom stereocenters. The van der Waals surface area contributed by atoms with E-state index in [2.05, 4.69) is 25.6 Å². The number of rotatable bonds is 5. The average Bonchev–Trinajstić information content (AvgIpc) is 2.41. The fourth-order valence-corrected chi connectivity index (χ4v) is 1.91. The molecule has 0 fully saturated rings. The Morgan fingerprint density at radius 3 is 2.48 bits per heavy atom. The van der Waals surface area contributed by atoms with Gasteiger partial charge in [0.05, 0.1) is 16.8 Å². The summed E-state index contributed by atoms with van der Waals surface area (Å²) in [5.74, 6) is 0.794. The summed E-state index contributed by atoms with van der Waals surface area (Å²) in [4.78, 5) is 12.6. The highest BCUT2D eigenvalue weighted by atomic mass is 35.5. The Hall–Kier alpha value is -2.08. The maximum atomic E-state index is 6.20. The first-order valence-corrected chi connectivity index (χ1v) is 6.99. The summed E-state index contributed by atoms with van der Waals surface area (Å²) in [7, 11) is 1.73. The van der Waals surface area contributed by atoms with Crippen LogP contribution in [0.15, 0.2) is 18.2 Å². The lowest BCUT2D eigenvalue weighted by Gasteiger charge is -2.12. The third-order valence-corrected chi connectivity index (χ3v) is 2.86. The molecule has 0 aliphatic carbocycles. The van der Waals surface area contributed by atoms with E-state index in [0.29, 0.717) is 16.9 Å². The smallest absolute Gasteiger partial charge is 0.323 e. The van der Waals surface area contributed by atoms with Crippen molar-refractivity contribution in [2.45, 2.75) is 26.9 Å². The van der Waals surface area contributed by atoms with Gasteiger partial charge in [0.25, 0.3) is 0 Å². The Labute approximate surface area is 128 Å². The first-order valence-electron chi connectivity index (χ1n) is 6.61. The number of hydrogen-bond donors (Lipinski definition) is 2. The summed E-state index contributed by atoms with van der Waals surface area (Å²) < 4.78 is 5.51. The van der Waals surface area contributed by atoms with Crippen molar-refractivity contribution in [2.24, 2.45) is 0 Å². The molecule has 21 heavy (non-hydrogen) atoms. The van der Waals surface area contributed by atoms with E-state index in [-0.39, 0.29) is 12.1 Å². The van der Waals surface area contributed by atoms with Crippen LogP contribution in [0, 0.1) is 6.92 Å². The summed E-state index contributed by atoms with van der Waals surface area (Å²) in [6, 6.07) is 5.97. The van der Waals surface area contributed by atoms with Gasteiger partial charge < -0.3 is 15.4 Å². The van der Waals surface area contributed by atoms with Crippen molar-refractivity contribution >= 4 is 29.2 Å². The summed E-state index contributed by atoms with van der Waals surface area (Å²) in [5.41, 5.74) is 1.81.